The zero-order valence-corrected chi connectivity index (χ0v) is 22.2. The van der Waals surface area contributed by atoms with Crippen LogP contribution in [0.3, 0.4) is 0 Å². The van der Waals surface area contributed by atoms with Crippen LogP contribution >= 0.6 is 0 Å². The van der Waals surface area contributed by atoms with Crippen molar-refractivity contribution in [1.82, 2.24) is 0 Å². The lowest BCUT2D eigenvalue weighted by atomic mass is 9.85. The molecular formula is C23H42O4Si2. The van der Waals surface area contributed by atoms with E-state index in [2.05, 4.69) is 74.3 Å². The smallest absolute Gasteiger partial charge is 0.203 e. The average Bonchev–Trinajstić information content (AvgIpc) is 2.95. The molecule has 0 aliphatic heterocycles. The van der Waals surface area contributed by atoms with Crippen LogP contribution in [0.1, 0.15) is 60.8 Å². The van der Waals surface area contributed by atoms with Crippen molar-refractivity contribution >= 4 is 22.4 Å². The van der Waals surface area contributed by atoms with Crippen LogP contribution < -0.4 is 0 Å². The van der Waals surface area contributed by atoms with Crippen LogP contribution in [0.4, 0.5) is 0 Å². The molecule has 3 atom stereocenters. The summed E-state index contributed by atoms with van der Waals surface area (Å²) in [5.74, 6) is -0.652. The molecule has 0 aromatic heterocycles. The number of hydrogen-bond acceptors (Lipinski definition) is 4. The van der Waals surface area contributed by atoms with Gasteiger partial charge in [0.1, 0.15) is 5.60 Å². The Hall–Kier alpha value is -0.696. The molecule has 2 rings (SSSR count). The number of ketones is 1. The van der Waals surface area contributed by atoms with Crippen LogP contribution in [0, 0.1) is 5.92 Å². The van der Waals surface area contributed by atoms with Crippen molar-refractivity contribution in [2.75, 3.05) is 0 Å². The second-order valence-corrected chi connectivity index (χ2v) is 21.3. The fourth-order valence-electron chi connectivity index (χ4n) is 4.05. The van der Waals surface area contributed by atoms with E-state index in [4.69, 9.17) is 8.85 Å². The highest BCUT2D eigenvalue weighted by molar-refractivity contribution is 6.74. The summed E-state index contributed by atoms with van der Waals surface area (Å²) >= 11 is 0. The lowest BCUT2D eigenvalue weighted by molar-refractivity contribution is -0.125. The van der Waals surface area contributed by atoms with E-state index in [1.807, 2.05) is 0 Å². The Morgan fingerprint density at radius 3 is 2.03 bits per heavy atom. The quantitative estimate of drug-likeness (QED) is 0.379. The van der Waals surface area contributed by atoms with Crippen molar-refractivity contribution in [3.05, 3.63) is 24.0 Å². The Kier molecular flexibility index (Phi) is 6.33. The summed E-state index contributed by atoms with van der Waals surface area (Å²) in [6, 6.07) is 0. The summed E-state index contributed by atoms with van der Waals surface area (Å²) in [4.78, 5) is 13.1. The molecule has 0 saturated heterocycles. The van der Waals surface area contributed by atoms with Gasteiger partial charge >= 0.3 is 0 Å². The van der Waals surface area contributed by atoms with Crippen molar-refractivity contribution < 1.29 is 18.8 Å². The van der Waals surface area contributed by atoms with Crippen molar-refractivity contribution in [2.24, 2.45) is 5.92 Å². The summed E-state index contributed by atoms with van der Waals surface area (Å²) in [5.41, 5.74) is -0.179. The number of fused-ring (bicyclic) bond motifs is 1. The number of carbonyl (C=O) groups is 1. The Balaban J connectivity index is 2.64. The van der Waals surface area contributed by atoms with Crippen LogP contribution in [-0.4, -0.2) is 39.2 Å². The lowest BCUT2D eigenvalue weighted by Gasteiger charge is -2.50. The predicted molar refractivity (Wildman–Crippen MR) is 125 cm³/mol. The minimum atomic E-state index is -2.25. The summed E-state index contributed by atoms with van der Waals surface area (Å²) in [6.07, 6.45) is 3.47. The molecule has 166 valence electrons. The standard InChI is InChI=1S/C23H42O4Si2/c1-12-13-16-19(24)20(25)17-14-15-18(26-28(8,9)21(2,3)4)23(16,17)27-29(10,11)22(5,6)7/h12,17-18,24H,1,13-15H2,2-11H3/t17-,18-,23-/m0/s1. The van der Waals surface area contributed by atoms with Gasteiger partial charge in [-0.1, -0.05) is 47.6 Å². The first-order valence-corrected chi connectivity index (χ1v) is 16.7. The third-order valence-electron chi connectivity index (χ3n) is 7.84. The van der Waals surface area contributed by atoms with Crippen molar-refractivity contribution in [2.45, 2.75) is 109 Å². The molecular weight excluding hydrogens is 396 g/mol. The molecule has 0 bridgehead atoms. The lowest BCUT2D eigenvalue weighted by Crippen LogP contribution is -2.59. The monoisotopic (exact) mass is 438 g/mol. The number of rotatable bonds is 6. The van der Waals surface area contributed by atoms with E-state index in [-0.39, 0.29) is 33.6 Å². The fraction of sp³-hybridized carbons (Fsp3) is 0.783. The second kappa shape index (κ2) is 7.47. The predicted octanol–water partition coefficient (Wildman–Crippen LogP) is 6.52. The summed E-state index contributed by atoms with van der Waals surface area (Å²) in [6.45, 7) is 26.1. The minimum absolute atomic E-state index is 0.0169. The van der Waals surface area contributed by atoms with Crippen molar-refractivity contribution in [3.63, 3.8) is 0 Å². The molecule has 0 aromatic rings. The van der Waals surface area contributed by atoms with Gasteiger partial charge in [0.15, 0.2) is 22.4 Å². The van der Waals surface area contributed by atoms with Gasteiger partial charge in [0, 0.05) is 5.57 Å². The first-order valence-electron chi connectivity index (χ1n) is 10.9. The second-order valence-electron chi connectivity index (χ2n) is 11.8. The maximum absolute atomic E-state index is 13.1. The molecule has 29 heavy (non-hydrogen) atoms. The largest absolute Gasteiger partial charge is 0.504 e. The Morgan fingerprint density at radius 1 is 1.07 bits per heavy atom. The number of Topliss-reactive ketones (excluding diaryl/α,β-unsaturated/α-hetero) is 1. The van der Waals surface area contributed by atoms with E-state index in [0.29, 0.717) is 18.4 Å². The SMILES string of the molecule is C=CCC1=C(O)C(=O)[C@@H]2CC[C@H](O[Si](C)(C)C(C)(C)C)[C@]12O[Si](C)(C)C(C)(C)C. The molecule has 1 fully saturated rings. The zero-order valence-electron chi connectivity index (χ0n) is 20.2. The highest BCUT2D eigenvalue weighted by Crippen LogP contribution is 2.57. The van der Waals surface area contributed by atoms with Crippen LogP contribution in [0.25, 0.3) is 0 Å². The summed E-state index contributed by atoms with van der Waals surface area (Å²) in [5, 5.41) is 10.8. The van der Waals surface area contributed by atoms with Crippen LogP contribution in [0.15, 0.2) is 24.0 Å². The van der Waals surface area contributed by atoms with Gasteiger partial charge < -0.3 is 14.0 Å². The molecule has 0 radical (unpaired) electrons. The molecule has 0 spiro atoms. The van der Waals surface area contributed by atoms with Gasteiger partial charge in [-0.25, -0.2) is 0 Å². The fourth-order valence-corrected chi connectivity index (χ4v) is 6.96. The zero-order chi connectivity index (χ0) is 22.6. The maximum Gasteiger partial charge on any atom is 0.203 e. The van der Waals surface area contributed by atoms with E-state index < -0.39 is 22.2 Å². The van der Waals surface area contributed by atoms with Crippen LogP contribution in [-0.2, 0) is 13.6 Å². The number of aliphatic hydroxyl groups excluding tert-OH is 1. The molecule has 1 N–H and O–H groups in total. The Labute approximate surface area is 180 Å². The third-order valence-corrected chi connectivity index (χ3v) is 16.8. The van der Waals surface area contributed by atoms with Crippen molar-refractivity contribution in [1.29, 1.82) is 0 Å². The number of carbonyl (C=O) groups excluding carboxylic acids is 1. The molecule has 6 heteroatoms. The van der Waals surface area contributed by atoms with Crippen molar-refractivity contribution in [3.8, 4) is 0 Å². The molecule has 0 amide bonds. The van der Waals surface area contributed by atoms with Gasteiger partial charge in [0.2, 0.25) is 5.78 Å². The van der Waals surface area contributed by atoms with E-state index in [0.717, 1.165) is 6.42 Å². The average molecular weight is 439 g/mol. The molecule has 2 aliphatic rings. The first-order chi connectivity index (χ1) is 12.9. The topological polar surface area (TPSA) is 55.8 Å². The molecule has 1 saturated carbocycles. The normalized spacial score (nSPS) is 28.8. The molecule has 0 unspecified atom stereocenters. The van der Waals surface area contributed by atoms with Gasteiger partial charge in [0.25, 0.3) is 0 Å². The van der Waals surface area contributed by atoms with Gasteiger partial charge in [0.05, 0.1) is 12.0 Å². The molecule has 4 nitrogen and oxygen atoms in total. The molecule has 0 aromatic carbocycles. The number of allylic oxidation sites excluding steroid dienone is 2. The maximum atomic E-state index is 13.1. The summed E-state index contributed by atoms with van der Waals surface area (Å²) in [7, 11) is -4.36. The van der Waals surface area contributed by atoms with Gasteiger partial charge in [-0.15, -0.1) is 6.58 Å². The van der Waals surface area contributed by atoms with Gasteiger partial charge in [-0.05, 0) is 55.5 Å². The van der Waals surface area contributed by atoms with Crippen LogP contribution in [0.2, 0.25) is 36.3 Å². The Bertz CT molecular complexity index is 709. The third kappa shape index (κ3) is 3.98. The first kappa shape index (κ1) is 24.6. The number of hydrogen-bond donors (Lipinski definition) is 1. The van der Waals surface area contributed by atoms with E-state index >= 15 is 0 Å². The highest BCUT2D eigenvalue weighted by Gasteiger charge is 2.66. The highest BCUT2D eigenvalue weighted by atomic mass is 28.4. The van der Waals surface area contributed by atoms with E-state index in [9.17, 15) is 9.90 Å². The molecule has 2 aliphatic carbocycles. The van der Waals surface area contributed by atoms with Gasteiger partial charge in [-0.2, -0.15) is 0 Å². The minimum Gasteiger partial charge on any atom is -0.504 e. The van der Waals surface area contributed by atoms with E-state index in [1.165, 1.54) is 0 Å². The Morgan fingerprint density at radius 2 is 1.59 bits per heavy atom. The molecule has 0 heterocycles. The van der Waals surface area contributed by atoms with Gasteiger partial charge in [-0.3, -0.25) is 4.79 Å². The van der Waals surface area contributed by atoms with E-state index in [1.54, 1.807) is 6.08 Å². The number of aliphatic hydroxyl groups is 1. The van der Waals surface area contributed by atoms with Crippen LogP contribution in [0.5, 0.6) is 0 Å². The summed E-state index contributed by atoms with van der Waals surface area (Å²) < 4.78 is 14.0.